The third-order valence-electron chi connectivity index (χ3n) is 5.12. The minimum atomic E-state index is -0.433. The largest absolute Gasteiger partial charge is 0.427 e. The molecule has 4 rings (SSSR count). The van der Waals surface area contributed by atoms with E-state index in [0.29, 0.717) is 30.2 Å². The van der Waals surface area contributed by atoms with Crippen molar-refractivity contribution in [1.29, 1.82) is 0 Å². The molecule has 30 heavy (non-hydrogen) atoms. The van der Waals surface area contributed by atoms with Crippen LogP contribution in [0.2, 0.25) is 0 Å². The van der Waals surface area contributed by atoms with Crippen molar-refractivity contribution in [2.24, 2.45) is 0 Å². The van der Waals surface area contributed by atoms with Crippen molar-refractivity contribution in [3.05, 3.63) is 54.1 Å². The first-order valence-corrected chi connectivity index (χ1v) is 10.0. The highest BCUT2D eigenvalue weighted by Gasteiger charge is 2.24. The first-order chi connectivity index (χ1) is 14.6. The first-order valence-electron chi connectivity index (χ1n) is 10.0. The molecule has 1 aliphatic rings. The van der Waals surface area contributed by atoms with Gasteiger partial charge in [-0.25, -0.2) is 14.5 Å². The second kappa shape index (κ2) is 9.04. The van der Waals surface area contributed by atoms with Crippen LogP contribution in [0.3, 0.4) is 0 Å². The molecule has 158 valence electrons. The van der Waals surface area contributed by atoms with Gasteiger partial charge in [0.25, 0.3) is 0 Å². The SMILES string of the molecule is CCNC(=O)Nc1ncc(CN2CCC(c3ccc(-n4cccn4)nc3F)CC2)o1. The molecule has 0 saturated carbocycles. The van der Waals surface area contributed by atoms with Crippen LogP contribution in [0, 0.1) is 5.95 Å². The highest BCUT2D eigenvalue weighted by molar-refractivity contribution is 5.86. The number of pyridine rings is 1. The molecule has 1 saturated heterocycles. The topological polar surface area (TPSA) is 101 Å². The second-order valence-electron chi connectivity index (χ2n) is 7.17. The third kappa shape index (κ3) is 4.65. The van der Waals surface area contributed by atoms with Gasteiger partial charge in [0.1, 0.15) is 5.76 Å². The average Bonchev–Trinajstić information content (AvgIpc) is 3.41. The van der Waals surface area contributed by atoms with Crippen LogP contribution >= 0.6 is 0 Å². The number of piperidine rings is 1. The van der Waals surface area contributed by atoms with Crippen LogP contribution < -0.4 is 10.6 Å². The summed E-state index contributed by atoms with van der Waals surface area (Å²) in [7, 11) is 0. The van der Waals surface area contributed by atoms with Crippen molar-refractivity contribution in [3.63, 3.8) is 0 Å². The van der Waals surface area contributed by atoms with Crippen molar-refractivity contribution in [2.75, 3.05) is 25.0 Å². The van der Waals surface area contributed by atoms with E-state index < -0.39 is 5.95 Å². The van der Waals surface area contributed by atoms with Crippen LogP contribution in [0.5, 0.6) is 0 Å². The summed E-state index contributed by atoms with van der Waals surface area (Å²) in [6.45, 7) is 4.57. The Morgan fingerprint density at radius 2 is 2.17 bits per heavy atom. The number of rotatable bonds is 6. The van der Waals surface area contributed by atoms with E-state index in [1.54, 1.807) is 35.4 Å². The number of hydrogen-bond acceptors (Lipinski definition) is 6. The van der Waals surface area contributed by atoms with Crippen LogP contribution in [0.25, 0.3) is 5.82 Å². The fraction of sp³-hybridized carbons (Fsp3) is 0.400. The minimum Gasteiger partial charge on any atom is -0.427 e. The van der Waals surface area contributed by atoms with Crippen LogP contribution in [0.15, 0.2) is 41.2 Å². The number of amides is 2. The predicted octanol–water partition coefficient (Wildman–Crippen LogP) is 2.92. The van der Waals surface area contributed by atoms with Crippen molar-refractivity contribution in [3.8, 4) is 5.82 Å². The lowest BCUT2D eigenvalue weighted by atomic mass is 9.90. The Morgan fingerprint density at radius 1 is 1.33 bits per heavy atom. The molecule has 0 unspecified atom stereocenters. The van der Waals surface area contributed by atoms with Crippen molar-refractivity contribution in [1.82, 2.24) is 30.0 Å². The Kier molecular flexibility index (Phi) is 6.03. The van der Waals surface area contributed by atoms with Gasteiger partial charge >= 0.3 is 12.0 Å². The number of carbonyl (C=O) groups is 1. The number of nitrogens with one attached hydrogen (secondary N) is 2. The molecule has 1 fully saturated rings. The molecule has 9 nitrogen and oxygen atoms in total. The highest BCUT2D eigenvalue weighted by Crippen LogP contribution is 2.30. The van der Waals surface area contributed by atoms with E-state index in [1.807, 2.05) is 13.0 Å². The quantitative estimate of drug-likeness (QED) is 0.603. The molecule has 10 heteroatoms. The molecule has 1 aliphatic heterocycles. The molecule has 0 aromatic carbocycles. The first kappa shape index (κ1) is 20.0. The van der Waals surface area contributed by atoms with Crippen LogP contribution in [0.4, 0.5) is 15.2 Å². The van der Waals surface area contributed by atoms with E-state index in [4.69, 9.17) is 4.42 Å². The predicted molar refractivity (Wildman–Crippen MR) is 108 cm³/mol. The summed E-state index contributed by atoms with van der Waals surface area (Å²) in [6, 6.07) is 5.22. The molecule has 0 spiro atoms. The Hall–Kier alpha value is -3.27. The summed E-state index contributed by atoms with van der Waals surface area (Å²) in [5, 5.41) is 9.26. The fourth-order valence-electron chi connectivity index (χ4n) is 3.63. The lowest BCUT2D eigenvalue weighted by Crippen LogP contribution is -2.32. The Balaban J connectivity index is 1.31. The number of likely N-dealkylation sites (tertiary alicyclic amines) is 1. The number of carbonyl (C=O) groups excluding carboxylic acids is 1. The summed E-state index contributed by atoms with van der Waals surface area (Å²) in [5.74, 6) is 0.848. The summed E-state index contributed by atoms with van der Waals surface area (Å²) < 4.78 is 21.7. The summed E-state index contributed by atoms with van der Waals surface area (Å²) in [4.78, 5) is 21.9. The van der Waals surface area contributed by atoms with Gasteiger partial charge in [-0.05, 0) is 50.9 Å². The average molecular weight is 413 g/mol. The van der Waals surface area contributed by atoms with E-state index in [9.17, 15) is 9.18 Å². The monoisotopic (exact) mass is 413 g/mol. The van der Waals surface area contributed by atoms with Crippen LogP contribution in [0.1, 0.15) is 37.0 Å². The van der Waals surface area contributed by atoms with Crippen LogP contribution in [-0.2, 0) is 6.54 Å². The van der Waals surface area contributed by atoms with Gasteiger partial charge in [-0.3, -0.25) is 10.2 Å². The zero-order valence-corrected chi connectivity index (χ0v) is 16.7. The van der Waals surface area contributed by atoms with Gasteiger partial charge in [-0.2, -0.15) is 14.5 Å². The number of hydrogen-bond donors (Lipinski definition) is 2. The number of oxazole rings is 1. The minimum absolute atomic E-state index is 0.130. The van der Waals surface area contributed by atoms with Crippen molar-refractivity contribution in [2.45, 2.75) is 32.2 Å². The molecule has 0 radical (unpaired) electrons. The molecule has 3 aromatic heterocycles. The van der Waals surface area contributed by atoms with E-state index in [-0.39, 0.29) is 18.0 Å². The third-order valence-corrected chi connectivity index (χ3v) is 5.12. The summed E-state index contributed by atoms with van der Waals surface area (Å²) >= 11 is 0. The zero-order valence-electron chi connectivity index (χ0n) is 16.7. The maximum absolute atomic E-state index is 14.6. The normalized spacial score (nSPS) is 15.3. The molecule has 0 aliphatic carbocycles. The molecular weight excluding hydrogens is 389 g/mol. The van der Waals surface area contributed by atoms with Crippen molar-refractivity contribution >= 4 is 12.0 Å². The van der Waals surface area contributed by atoms with Gasteiger partial charge in [0.15, 0.2) is 5.82 Å². The molecule has 4 heterocycles. The van der Waals surface area contributed by atoms with Gasteiger partial charge < -0.3 is 9.73 Å². The molecule has 2 amide bonds. The lowest BCUT2D eigenvalue weighted by Gasteiger charge is -2.31. The molecule has 0 atom stereocenters. The zero-order chi connectivity index (χ0) is 20.9. The standard InChI is InChI=1S/C20H24FN7O2/c1-2-22-19(29)26-20-23-12-15(30-20)13-27-10-6-14(7-11-27)16-4-5-17(25-18(16)21)28-9-3-8-24-28/h3-5,8-9,12,14H,2,6-7,10-11,13H2,1H3,(H2,22,23,26,29). The van der Waals surface area contributed by atoms with E-state index in [1.165, 1.54) is 0 Å². The number of halogens is 1. The summed E-state index contributed by atoms with van der Waals surface area (Å²) in [6.07, 6.45) is 6.65. The van der Waals surface area contributed by atoms with Gasteiger partial charge in [0, 0.05) is 24.5 Å². The fourth-order valence-corrected chi connectivity index (χ4v) is 3.63. The smallest absolute Gasteiger partial charge is 0.322 e. The van der Waals surface area contributed by atoms with Gasteiger partial charge in [-0.1, -0.05) is 6.07 Å². The molecule has 0 bridgehead atoms. The molecule has 3 aromatic rings. The lowest BCUT2D eigenvalue weighted by molar-refractivity contribution is 0.190. The van der Waals surface area contributed by atoms with Crippen LogP contribution in [-0.4, -0.2) is 50.3 Å². The maximum atomic E-state index is 14.6. The number of urea groups is 1. The number of aromatic nitrogens is 4. The van der Waals surface area contributed by atoms with E-state index in [2.05, 4.69) is 30.6 Å². The Bertz CT molecular complexity index is 981. The van der Waals surface area contributed by atoms with Gasteiger partial charge in [0.2, 0.25) is 5.95 Å². The second-order valence-corrected chi connectivity index (χ2v) is 7.17. The molecule has 2 N–H and O–H groups in total. The van der Waals surface area contributed by atoms with Gasteiger partial charge in [0.05, 0.1) is 12.7 Å². The number of nitrogens with zero attached hydrogens (tertiary/aromatic N) is 5. The van der Waals surface area contributed by atoms with E-state index in [0.717, 1.165) is 25.9 Å². The highest BCUT2D eigenvalue weighted by atomic mass is 19.1. The number of anilines is 1. The van der Waals surface area contributed by atoms with E-state index >= 15 is 0 Å². The maximum Gasteiger partial charge on any atom is 0.322 e. The van der Waals surface area contributed by atoms with Gasteiger partial charge in [-0.15, -0.1) is 0 Å². The molecular formula is C20H24FN7O2. The Labute approximate surface area is 173 Å². The Morgan fingerprint density at radius 3 is 2.87 bits per heavy atom. The summed E-state index contributed by atoms with van der Waals surface area (Å²) in [5.41, 5.74) is 0.652. The van der Waals surface area contributed by atoms with Crippen molar-refractivity contribution < 1.29 is 13.6 Å².